The number of likely N-dealkylation sites (N-methyl/N-ethyl adjacent to an activating group) is 2. The van der Waals surface area contributed by atoms with Gasteiger partial charge in [0.1, 0.15) is 38.0 Å². The molecule has 0 bridgehead atoms. The van der Waals surface area contributed by atoms with Crippen LogP contribution in [-0.4, -0.2) is 53.8 Å². The summed E-state index contributed by atoms with van der Waals surface area (Å²) in [5, 5.41) is 2.39. The molecular weight excluding hydrogens is 432 g/mol. The topological polar surface area (TPSA) is 33.9 Å². The van der Waals surface area contributed by atoms with Gasteiger partial charge in [0.15, 0.2) is 22.1 Å². The van der Waals surface area contributed by atoms with Crippen LogP contribution in [0.2, 0.25) is 0 Å². The Morgan fingerprint density at radius 2 is 1.79 bits per heavy atom. The molecule has 3 aromatic carbocycles. The first-order chi connectivity index (χ1) is 16.1. The molecule has 0 fully saturated rings. The van der Waals surface area contributed by atoms with E-state index in [4.69, 9.17) is 14.2 Å². The van der Waals surface area contributed by atoms with Crippen LogP contribution in [0, 0.1) is 0 Å². The fourth-order valence-corrected chi connectivity index (χ4v) is 6.85. The van der Waals surface area contributed by atoms with Gasteiger partial charge in [-0.1, -0.05) is 18.2 Å². The molecule has 0 saturated heterocycles. The molecule has 168 valence electrons. The van der Waals surface area contributed by atoms with Crippen molar-refractivity contribution < 1.29 is 14.2 Å². The van der Waals surface area contributed by atoms with E-state index in [9.17, 15) is 0 Å². The van der Waals surface area contributed by atoms with Gasteiger partial charge in [0.2, 0.25) is 5.36 Å². The highest BCUT2D eigenvalue weighted by atomic mass is 32.2. The second-order valence-corrected chi connectivity index (χ2v) is 10.7. The summed E-state index contributed by atoms with van der Waals surface area (Å²) in [6.45, 7) is 3.21. The molecule has 6 rings (SSSR count). The molecule has 0 spiro atoms. The van der Waals surface area contributed by atoms with Crippen molar-refractivity contribution in [1.29, 1.82) is 0 Å². The van der Waals surface area contributed by atoms with Gasteiger partial charge in [-0.15, -0.1) is 0 Å². The summed E-state index contributed by atoms with van der Waals surface area (Å²) in [4.78, 5) is 4.99. The molecule has 33 heavy (non-hydrogen) atoms. The number of ether oxygens (including phenoxy) is 3. The van der Waals surface area contributed by atoms with Gasteiger partial charge in [-0.05, 0) is 18.2 Å². The van der Waals surface area contributed by atoms with Crippen LogP contribution in [0.15, 0.2) is 58.3 Å². The smallest absolute Gasteiger partial charge is 0.247 e. The highest BCUT2D eigenvalue weighted by Crippen LogP contribution is 2.43. The quantitative estimate of drug-likeness (QED) is 0.434. The molecule has 1 unspecified atom stereocenters. The van der Waals surface area contributed by atoms with Crippen molar-refractivity contribution in [3.8, 4) is 17.2 Å². The number of hydrogen-bond donors (Lipinski definition) is 0. The van der Waals surface area contributed by atoms with Crippen molar-refractivity contribution in [2.24, 2.45) is 0 Å². The summed E-state index contributed by atoms with van der Waals surface area (Å²) >= 11 is 0. The predicted molar refractivity (Wildman–Crippen MR) is 133 cm³/mol. The van der Waals surface area contributed by atoms with Gasteiger partial charge in [-0.2, -0.15) is 0 Å². The summed E-state index contributed by atoms with van der Waals surface area (Å²) in [6.07, 6.45) is 2.34. The molecule has 6 heteroatoms. The fraction of sp³-hybridized carbons (Fsp3) is 0.296. The molecular formula is C27H28N2O3S+2. The van der Waals surface area contributed by atoms with Crippen LogP contribution in [-0.2, 0) is 10.9 Å². The van der Waals surface area contributed by atoms with Crippen molar-refractivity contribution in [2.75, 3.05) is 58.7 Å². The van der Waals surface area contributed by atoms with Crippen LogP contribution in [0.1, 0.15) is 11.1 Å². The van der Waals surface area contributed by atoms with Gasteiger partial charge >= 0.3 is 0 Å². The zero-order valence-corrected chi connectivity index (χ0v) is 20.3. The van der Waals surface area contributed by atoms with E-state index in [1.165, 1.54) is 37.2 Å². The summed E-state index contributed by atoms with van der Waals surface area (Å²) in [5.41, 5.74) is 4.66. The molecule has 0 amide bonds. The molecule has 1 atom stereocenters. The van der Waals surface area contributed by atoms with E-state index < -0.39 is 0 Å². The maximum Gasteiger partial charge on any atom is 0.247 e. The molecule has 0 radical (unpaired) electrons. The minimum atomic E-state index is -0.0952. The molecule has 5 nitrogen and oxygen atoms in total. The summed E-state index contributed by atoms with van der Waals surface area (Å²) in [7, 11) is 5.93. The lowest BCUT2D eigenvalue weighted by Crippen LogP contribution is -2.39. The van der Waals surface area contributed by atoms with E-state index in [2.05, 4.69) is 66.2 Å². The molecule has 0 aliphatic carbocycles. The third-order valence-corrected chi connectivity index (χ3v) is 8.88. The van der Waals surface area contributed by atoms with Crippen LogP contribution >= 0.6 is 0 Å². The second-order valence-electron chi connectivity index (χ2n) is 8.76. The number of methoxy groups -OCH3 is 1. The first kappa shape index (κ1) is 20.5. The van der Waals surface area contributed by atoms with Crippen molar-refractivity contribution in [3.63, 3.8) is 0 Å². The normalized spacial score (nSPS) is 18.4. The van der Waals surface area contributed by atoms with Crippen molar-refractivity contribution >= 4 is 22.2 Å². The molecule has 3 aliphatic heterocycles. The minimum absolute atomic E-state index is 0.0952. The minimum Gasteiger partial charge on any atom is -0.496 e. The van der Waals surface area contributed by atoms with Crippen LogP contribution in [0.5, 0.6) is 17.2 Å². The summed E-state index contributed by atoms with van der Waals surface area (Å²) < 4.78 is 20.3. The van der Waals surface area contributed by atoms with Crippen molar-refractivity contribution in [2.45, 2.75) is 9.79 Å². The van der Waals surface area contributed by atoms with Crippen molar-refractivity contribution in [3.05, 3.63) is 70.2 Å². The van der Waals surface area contributed by atoms with E-state index in [1.807, 2.05) is 12.1 Å². The van der Waals surface area contributed by atoms with Gasteiger partial charge in [0.25, 0.3) is 0 Å². The Morgan fingerprint density at radius 1 is 0.970 bits per heavy atom. The highest BCUT2D eigenvalue weighted by Gasteiger charge is 2.37. The molecule has 0 saturated carbocycles. The lowest BCUT2D eigenvalue weighted by molar-refractivity contribution is 0.280. The maximum atomic E-state index is 6.11. The van der Waals surface area contributed by atoms with Crippen molar-refractivity contribution in [1.82, 2.24) is 4.58 Å². The van der Waals surface area contributed by atoms with Gasteiger partial charge in [-0.25, -0.2) is 4.58 Å². The van der Waals surface area contributed by atoms with Crippen LogP contribution < -0.4 is 34.3 Å². The lowest BCUT2D eigenvalue weighted by atomic mass is 9.93. The average molecular weight is 461 g/mol. The van der Waals surface area contributed by atoms with Gasteiger partial charge in [-0.3, -0.25) is 0 Å². The van der Waals surface area contributed by atoms with E-state index >= 15 is 0 Å². The van der Waals surface area contributed by atoms with Gasteiger partial charge in [0.05, 0.1) is 36.3 Å². The Kier molecular flexibility index (Phi) is 4.80. The summed E-state index contributed by atoms with van der Waals surface area (Å²) in [6, 6.07) is 17.4. The molecule has 0 N–H and O–H groups in total. The van der Waals surface area contributed by atoms with Gasteiger partial charge < -0.3 is 19.1 Å². The number of fused-ring (bicyclic) bond motifs is 4. The number of anilines is 1. The van der Waals surface area contributed by atoms with E-state index in [0.29, 0.717) is 13.2 Å². The maximum absolute atomic E-state index is 6.11. The van der Waals surface area contributed by atoms with Crippen LogP contribution in [0.3, 0.4) is 0 Å². The van der Waals surface area contributed by atoms with E-state index in [0.717, 1.165) is 35.9 Å². The third-order valence-electron chi connectivity index (χ3n) is 6.89. The third kappa shape index (κ3) is 3.11. The SMILES string of the molecule is COc1ccccc1C1=c2cc3c(cc2[S+](C)c2cc4c(cc21)OCCN4C)=[N+](C)CCO3. The lowest BCUT2D eigenvalue weighted by Gasteiger charge is -2.30. The summed E-state index contributed by atoms with van der Waals surface area (Å²) in [5.74, 6) is 2.77. The second kappa shape index (κ2) is 7.73. The highest BCUT2D eigenvalue weighted by molar-refractivity contribution is 7.96. The molecule has 0 aromatic heterocycles. The first-order valence-electron chi connectivity index (χ1n) is 11.3. The number of benzene rings is 3. The average Bonchev–Trinajstić information content (AvgIpc) is 2.83. The zero-order valence-electron chi connectivity index (χ0n) is 19.5. The fourth-order valence-electron chi connectivity index (χ4n) is 5.05. The molecule has 3 aliphatic rings. The Labute approximate surface area is 196 Å². The zero-order chi connectivity index (χ0) is 22.7. The molecule has 3 heterocycles. The Morgan fingerprint density at radius 3 is 2.64 bits per heavy atom. The largest absolute Gasteiger partial charge is 0.496 e. The number of hydrogen-bond acceptors (Lipinski definition) is 4. The number of rotatable bonds is 2. The monoisotopic (exact) mass is 460 g/mol. The van der Waals surface area contributed by atoms with Crippen LogP contribution in [0.25, 0.3) is 5.57 Å². The first-order valence-corrected chi connectivity index (χ1v) is 12.9. The van der Waals surface area contributed by atoms with Gasteiger partial charge in [0, 0.05) is 35.0 Å². The van der Waals surface area contributed by atoms with Crippen LogP contribution in [0.4, 0.5) is 5.69 Å². The predicted octanol–water partition coefficient (Wildman–Crippen LogP) is 2.26. The Balaban J connectivity index is 1.76. The Hall–Kier alpha value is -3.12. The Bertz CT molecular complexity index is 1420. The standard InChI is InChI=1S/C27H28N2O3S/c1-28-9-11-31-23-13-18-25(15-20(23)28)33(4)26-16-21-24(32-12-10-29(21)2)14-19(26)27(18)17-7-5-6-8-22(17)30-3/h5-8,13-16H,9-12H2,1-4H3/q+2. The van der Waals surface area contributed by atoms with E-state index in [1.54, 1.807) is 7.11 Å². The number of nitrogens with zero attached hydrogens (tertiary/aromatic N) is 2. The van der Waals surface area contributed by atoms with E-state index in [-0.39, 0.29) is 10.9 Å². The molecule has 3 aromatic rings. The number of para-hydroxylation sites is 1.